The average Bonchev–Trinajstić information content (AvgIpc) is 3.29. The van der Waals surface area contributed by atoms with Gasteiger partial charge in [0.25, 0.3) is 0 Å². The van der Waals surface area contributed by atoms with Gasteiger partial charge in [0, 0.05) is 36.1 Å². The third kappa shape index (κ3) is 2.42. The number of carbonyl (C=O) groups is 1. The summed E-state index contributed by atoms with van der Waals surface area (Å²) >= 11 is 6.35. The summed E-state index contributed by atoms with van der Waals surface area (Å²) in [7, 11) is 0. The van der Waals surface area contributed by atoms with Gasteiger partial charge >= 0.3 is 0 Å². The van der Waals surface area contributed by atoms with Crippen molar-refractivity contribution < 1.29 is 24.1 Å². The fourth-order valence-electron chi connectivity index (χ4n) is 5.14. The van der Waals surface area contributed by atoms with Crippen molar-refractivity contribution in [3.63, 3.8) is 0 Å². The zero-order chi connectivity index (χ0) is 17.9. The van der Waals surface area contributed by atoms with E-state index in [9.17, 15) is 9.90 Å². The number of likely N-dealkylation sites (tertiary alicyclic amines) is 1. The van der Waals surface area contributed by atoms with Gasteiger partial charge in [-0.3, -0.25) is 4.79 Å². The Kier molecular flexibility index (Phi) is 3.85. The van der Waals surface area contributed by atoms with Gasteiger partial charge in [0.1, 0.15) is 13.2 Å². The van der Waals surface area contributed by atoms with E-state index in [1.165, 1.54) is 0 Å². The molecule has 1 aromatic carbocycles. The maximum atomic E-state index is 12.9. The van der Waals surface area contributed by atoms with Gasteiger partial charge in [0.2, 0.25) is 5.91 Å². The number of benzene rings is 1. The highest BCUT2D eigenvalue weighted by molar-refractivity contribution is 6.31. The first kappa shape index (κ1) is 16.7. The summed E-state index contributed by atoms with van der Waals surface area (Å²) < 4.78 is 17.3. The van der Waals surface area contributed by atoms with Crippen molar-refractivity contribution in [3.8, 4) is 11.5 Å². The summed E-state index contributed by atoms with van der Waals surface area (Å²) in [5.41, 5.74) is 0.504. The van der Waals surface area contributed by atoms with Crippen LogP contribution in [0.1, 0.15) is 18.4 Å². The zero-order valence-electron chi connectivity index (χ0n) is 14.4. The summed E-state index contributed by atoms with van der Waals surface area (Å²) in [6.07, 6.45) is 2.35. The number of halogens is 1. The Labute approximate surface area is 157 Å². The van der Waals surface area contributed by atoms with E-state index in [1.807, 2.05) is 11.0 Å². The fourth-order valence-corrected chi connectivity index (χ4v) is 5.36. The Morgan fingerprint density at radius 3 is 2.85 bits per heavy atom. The number of aliphatic hydroxyl groups excluding tert-OH is 1. The molecule has 0 radical (unpaired) electrons. The molecule has 7 heteroatoms. The Morgan fingerprint density at radius 2 is 2.08 bits per heavy atom. The largest absolute Gasteiger partial charge is 0.486 e. The minimum atomic E-state index is -0.246. The van der Waals surface area contributed by atoms with E-state index in [-0.39, 0.29) is 42.5 Å². The van der Waals surface area contributed by atoms with Crippen LogP contribution >= 0.6 is 11.6 Å². The first-order valence-electron chi connectivity index (χ1n) is 9.24. The highest BCUT2D eigenvalue weighted by Crippen LogP contribution is 2.54. The van der Waals surface area contributed by atoms with Crippen molar-refractivity contribution in [1.29, 1.82) is 0 Å². The number of rotatable bonds is 3. The minimum Gasteiger partial charge on any atom is -0.486 e. The van der Waals surface area contributed by atoms with Crippen molar-refractivity contribution in [2.24, 2.45) is 11.8 Å². The molecule has 4 aliphatic heterocycles. The molecular formula is C19H22ClNO5. The van der Waals surface area contributed by atoms with Gasteiger partial charge in [-0.1, -0.05) is 11.6 Å². The van der Waals surface area contributed by atoms with E-state index in [4.69, 9.17) is 25.8 Å². The van der Waals surface area contributed by atoms with Gasteiger partial charge in [0.05, 0.1) is 24.7 Å². The Balaban J connectivity index is 1.33. The molecule has 0 unspecified atom stereocenters. The lowest BCUT2D eigenvalue weighted by molar-refractivity contribution is -0.131. The lowest BCUT2D eigenvalue weighted by atomic mass is 9.74. The van der Waals surface area contributed by atoms with E-state index in [1.54, 1.807) is 6.07 Å². The van der Waals surface area contributed by atoms with Crippen LogP contribution < -0.4 is 9.47 Å². The average molecular weight is 380 g/mol. The van der Waals surface area contributed by atoms with Crippen molar-refractivity contribution in [1.82, 2.24) is 4.90 Å². The Morgan fingerprint density at radius 1 is 1.31 bits per heavy atom. The third-order valence-corrected chi connectivity index (χ3v) is 6.75. The van der Waals surface area contributed by atoms with E-state index < -0.39 is 0 Å². The van der Waals surface area contributed by atoms with Crippen molar-refractivity contribution >= 4 is 17.5 Å². The third-order valence-electron chi connectivity index (χ3n) is 6.40. The Bertz CT molecular complexity index is 756. The molecule has 6 nitrogen and oxygen atoms in total. The molecule has 5 rings (SSSR count). The number of aliphatic hydroxyl groups is 1. The number of ether oxygens (including phenoxy) is 3. The summed E-state index contributed by atoms with van der Waals surface area (Å²) in [4.78, 5) is 14.8. The first-order chi connectivity index (χ1) is 12.6. The van der Waals surface area contributed by atoms with Crippen LogP contribution in [-0.4, -0.2) is 60.5 Å². The lowest BCUT2D eigenvalue weighted by Gasteiger charge is -2.27. The minimum absolute atomic E-state index is 0.0380. The molecule has 1 spiro atoms. The van der Waals surface area contributed by atoms with Gasteiger partial charge < -0.3 is 24.2 Å². The highest BCUT2D eigenvalue weighted by Gasteiger charge is 2.63. The number of hydrogen-bond acceptors (Lipinski definition) is 5. The normalized spacial score (nSPS) is 34.2. The van der Waals surface area contributed by atoms with Crippen LogP contribution in [-0.2, 0) is 16.0 Å². The summed E-state index contributed by atoms with van der Waals surface area (Å²) in [6.45, 7) is 2.41. The van der Waals surface area contributed by atoms with Crippen LogP contribution in [0.4, 0.5) is 0 Å². The Hall–Kier alpha value is -1.50. The smallest absolute Gasteiger partial charge is 0.227 e. The number of amides is 1. The summed E-state index contributed by atoms with van der Waals surface area (Å²) in [6, 6.07) is 3.53. The lowest BCUT2D eigenvalue weighted by Crippen LogP contribution is -2.38. The van der Waals surface area contributed by atoms with E-state index in [0.717, 1.165) is 18.4 Å². The zero-order valence-corrected chi connectivity index (χ0v) is 15.2. The van der Waals surface area contributed by atoms with Crippen molar-refractivity contribution in [3.05, 3.63) is 22.7 Å². The van der Waals surface area contributed by atoms with E-state index in [0.29, 0.717) is 42.8 Å². The SMILES string of the molecule is O=C(Cc1cc2c(cc1Cl)OCCO2)N1C[C@@H]2[C@H](CO)[C@H]3CC[C@]2(C1)O3. The number of fused-ring (bicyclic) bond motifs is 2. The second-order valence-electron chi connectivity index (χ2n) is 7.75. The molecule has 0 aromatic heterocycles. The van der Waals surface area contributed by atoms with Gasteiger partial charge in [-0.05, 0) is 24.5 Å². The second-order valence-corrected chi connectivity index (χ2v) is 8.16. The molecule has 1 amide bonds. The van der Waals surface area contributed by atoms with Crippen LogP contribution in [0.2, 0.25) is 5.02 Å². The quantitative estimate of drug-likeness (QED) is 0.865. The number of carbonyl (C=O) groups excluding carboxylic acids is 1. The predicted octanol–water partition coefficient (Wildman–Crippen LogP) is 1.65. The van der Waals surface area contributed by atoms with Gasteiger partial charge in [-0.2, -0.15) is 0 Å². The first-order valence-corrected chi connectivity index (χ1v) is 9.62. The standard InChI is InChI=1S/C19H22ClNO5/c20-14-7-17-16(24-3-4-25-17)5-11(14)6-18(23)21-8-13-12(9-22)15-1-2-19(13,10-21)26-15/h5,7,12-13,15,22H,1-4,6,8-10H2/t12-,13+,15+,19+/m0/s1. The molecule has 3 fully saturated rings. The summed E-state index contributed by atoms with van der Waals surface area (Å²) in [5.74, 6) is 1.70. The topological polar surface area (TPSA) is 68.2 Å². The predicted molar refractivity (Wildman–Crippen MR) is 93.6 cm³/mol. The molecule has 4 heterocycles. The molecule has 2 bridgehead atoms. The van der Waals surface area contributed by atoms with Crippen LogP contribution in [0.5, 0.6) is 11.5 Å². The molecule has 26 heavy (non-hydrogen) atoms. The van der Waals surface area contributed by atoms with Crippen LogP contribution in [0.15, 0.2) is 12.1 Å². The van der Waals surface area contributed by atoms with Gasteiger partial charge in [-0.25, -0.2) is 0 Å². The van der Waals surface area contributed by atoms with Gasteiger partial charge in [0.15, 0.2) is 11.5 Å². The van der Waals surface area contributed by atoms with Crippen molar-refractivity contribution in [2.75, 3.05) is 32.9 Å². The molecule has 0 saturated carbocycles. The van der Waals surface area contributed by atoms with E-state index in [2.05, 4.69) is 0 Å². The highest BCUT2D eigenvalue weighted by atomic mass is 35.5. The van der Waals surface area contributed by atoms with Crippen LogP contribution in [0, 0.1) is 11.8 Å². The molecule has 4 atom stereocenters. The number of hydrogen-bond donors (Lipinski definition) is 1. The second kappa shape index (κ2) is 6.01. The fraction of sp³-hybridized carbons (Fsp3) is 0.632. The molecule has 3 saturated heterocycles. The van der Waals surface area contributed by atoms with Crippen molar-refractivity contribution in [2.45, 2.75) is 31.0 Å². The molecule has 0 aliphatic carbocycles. The van der Waals surface area contributed by atoms with E-state index >= 15 is 0 Å². The molecule has 140 valence electrons. The molecule has 1 N–H and O–H groups in total. The van der Waals surface area contributed by atoms with Crippen LogP contribution in [0.25, 0.3) is 0 Å². The number of nitrogens with zero attached hydrogens (tertiary/aromatic N) is 1. The maximum Gasteiger partial charge on any atom is 0.227 e. The van der Waals surface area contributed by atoms with Gasteiger partial charge in [-0.15, -0.1) is 0 Å². The monoisotopic (exact) mass is 379 g/mol. The summed E-state index contributed by atoms with van der Waals surface area (Å²) in [5, 5.41) is 10.2. The van der Waals surface area contributed by atoms with Crippen LogP contribution in [0.3, 0.4) is 0 Å². The maximum absolute atomic E-state index is 12.9. The molecule has 4 aliphatic rings. The molecule has 1 aromatic rings. The molecular weight excluding hydrogens is 358 g/mol.